The number of aliphatic hydroxyl groups is 1. The van der Waals surface area contributed by atoms with Gasteiger partial charge in [0.05, 0.1) is 6.10 Å². The highest BCUT2D eigenvalue weighted by atomic mass is 32.1. The zero-order chi connectivity index (χ0) is 9.84. The molecule has 0 spiro atoms. The molecule has 2 heteroatoms. The maximum atomic E-state index is 9.86. The first-order valence-corrected chi connectivity index (χ1v) is 5.74. The third-order valence-corrected chi connectivity index (χ3v) is 3.42. The lowest BCUT2D eigenvalue weighted by atomic mass is 9.89. The van der Waals surface area contributed by atoms with Crippen LogP contribution >= 0.6 is 11.3 Å². The highest BCUT2D eigenvalue weighted by molar-refractivity contribution is 7.07. The van der Waals surface area contributed by atoms with Crippen LogP contribution in [0.5, 0.6) is 0 Å². The Morgan fingerprint density at radius 1 is 1.38 bits per heavy atom. The van der Waals surface area contributed by atoms with Crippen LogP contribution in [0.1, 0.15) is 26.3 Å². The third kappa shape index (κ3) is 3.12. The Labute approximate surface area is 84.4 Å². The van der Waals surface area contributed by atoms with Crippen molar-refractivity contribution in [2.45, 2.75) is 33.3 Å². The fourth-order valence-corrected chi connectivity index (χ4v) is 1.96. The summed E-state index contributed by atoms with van der Waals surface area (Å²) in [5.41, 5.74) is 1.25. The molecule has 0 aliphatic heterocycles. The largest absolute Gasteiger partial charge is 0.392 e. The molecule has 2 atom stereocenters. The summed E-state index contributed by atoms with van der Waals surface area (Å²) in [6, 6.07) is 2.08. The molecule has 2 unspecified atom stereocenters. The van der Waals surface area contributed by atoms with Gasteiger partial charge in [-0.2, -0.15) is 11.3 Å². The molecule has 0 fully saturated rings. The molecular weight excluding hydrogens is 180 g/mol. The van der Waals surface area contributed by atoms with Crippen molar-refractivity contribution in [1.29, 1.82) is 0 Å². The van der Waals surface area contributed by atoms with Crippen LogP contribution in [0.25, 0.3) is 0 Å². The van der Waals surface area contributed by atoms with E-state index in [0.717, 1.165) is 6.42 Å². The molecule has 13 heavy (non-hydrogen) atoms. The average Bonchev–Trinajstić information content (AvgIpc) is 2.55. The fraction of sp³-hybridized carbons (Fsp3) is 0.636. The summed E-state index contributed by atoms with van der Waals surface area (Å²) in [4.78, 5) is 0. The van der Waals surface area contributed by atoms with Crippen molar-refractivity contribution >= 4 is 11.3 Å². The second-order valence-corrected chi connectivity index (χ2v) is 4.79. The van der Waals surface area contributed by atoms with Crippen molar-refractivity contribution in [3.8, 4) is 0 Å². The SMILES string of the molecule is CC(C)C(C)C(O)Cc1ccsc1. The summed E-state index contributed by atoms with van der Waals surface area (Å²) in [5, 5.41) is 14.0. The van der Waals surface area contributed by atoms with E-state index in [2.05, 4.69) is 37.6 Å². The fourth-order valence-electron chi connectivity index (χ4n) is 1.28. The molecule has 0 saturated carbocycles. The molecule has 1 heterocycles. The summed E-state index contributed by atoms with van der Waals surface area (Å²) < 4.78 is 0. The summed E-state index contributed by atoms with van der Waals surface area (Å²) in [6.45, 7) is 6.42. The Morgan fingerprint density at radius 2 is 2.08 bits per heavy atom. The second-order valence-electron chi connectivity index (χ2n) is 4.01. The molecule has 1 aromatic heterocycles. The van der Waals surface area contributed by atoms with Gasteiger partial charge in [-0.1, -0.05) is 20.8 Å². The van der Waals surface area contributed by atoms with E-state index in [4.69, 9.17) is 0 Å². The van der Waals surface area contributed by atoms with Crippen molar-refractivity contribution in [3.63, 3.8) is 0 Å². The molecule has 0 aliphatic carbocycles. The Kier molecular flexibility index (Phi) is 3.94. The molecule has 1 rings (SSSR count). The number of rotatable bonds is 4. The topological polar surface area (TPSA) is 20.2 Å². The minimum atomic E-state index is -0.199. The van der Waals surface area contributed by atoms with E-state index in [0.29, 0.717) is 11.8 Å². The quantitative estimate of drug-likeness (QED) is 0.788. The highest BCUT2D eigenvalue weighted by Crippen LogP contribution is 2.19. The molecule has 1 N–H and O–H groups in total. The molecular formula is C11H18OS. The maximum Gasteiger partial charge on any atom is 0.0608 e. The first-order chi connectivity index (χ1) is 6.11. The van der Waals surface area contributed by atoms with Crippen LogP contribution in [0, 0.1) is 11.8 Å². The van der Waals surface area contributed by atoms with E-state index in [1.807, 2.05) is 0 Å². The van der Waals surface area contributed by atoms with Crippen molar-refractivity contribution in [2.75, 3.05) is 0 Å². The summed E-state index contributed by atoms with van der Waals surface area (Å²) in [5.74, 6) is 0.925. The maximum absolute atomic E-state index is 9.86. The zero-order valence-corrected chi connectivity index (χ0v) is 9.34. The smallest absolute Gasteiger partial charge is 0.0608 e. The van der Waals surface area contributed by atoms with Gasteiger partial charge in [-0.05, 0) is 40.6 Å². The minimum absolute atomic E-state index is 0.199. The van der Waals surface area contributed by atoms with E-state index in [1.54, 1.807) is 11.3 Å². The molecule has 0 radical (unpaired) electrons. The van der Waals surface area contributed by atoms with E-state index in [1.165, 1.54) is 5.56 Å². The predicted octanol–water partition coefficient (Wildman–Crippen LogP) is 2.94. The molecule has 0 aromatic carbocycles. The van der Waals surface area contributed by atoms with Gasteiger partial charge < -0.3 is 5.11 Å². The first-order valence-electron chi connectivity index (χ1n) is 4.80. The van der Waals surface area contributed by atoms with E-state index >= 15 is 0 Å². The summed E-state index contributed by atoms with van der Waals surface area (Å²) in [6.07, 6.45) is 0.595. The average molecular weight is 198 g/mol. The van der Waals surface area contributed by atoms with Crippen LogP contribution in [0.2, 0.25) is 0 Å². The van der Waals surface area contributed by atoms with Gasteiger partial charge in [0.2, 0.25) is 0 Å². The number of hydrogen-bond acceptors (Lipinski definition) is 2. The molecule has 1 nitrogen and oxygen atoms in total. The normalized spacial score (nSPS) is 16.1. The molecule has 0 bridgehead atoms. The summed E-state index contributed by atoms with van der Waals surface area (Å²) >= 11 is 1.69. The van der Waals surface area contributed by atoms with Gasteiger partial charge in [0.25, 0.3) is 0 Å². The second kappa shape index (κ2) is 4.77. The number of aliphatic hydroxyl groups excluding tert-OH is 1. The Bertz CT molecular complexity index is 228. The van der Waals surface area contributed by atoms with Crippen molar-refractivity contribution in [2.24, 2.45) is 11.8 Å². The predicted molar refractivity (Wildman–Crippen MR) is 58.0 cm³/mol. The van der Waals surface area contributed by atoms with Crippen LogP contribution in [-0.4, -0.2) is 11.2 Å². The first kappa shape index (κ1) is 10.7. The van der Waals surface area contributed by atoms with Crippen LogP contribution < -0.4 is 0 Å². The van der Waals surface area contributed by atoms with E-state index in [-0.39, 0.29) is 6.10 Å². The minimum Gasteiger partial charge on any atom is -0.392 e. The Balaban J connectivity index is 2.45. The number of hydrogen-bond donors (Lipinski definition) is 1. The Hall–Kier alpha value is -0.340. The lowest BCUT2D eigenvalue weighted by Gasteiger charge is -2.21. The van der Waals surface area contributed by atoms with Crippen molar-refractivity contribution < 1.29 is 5.11 Å². The van der Waals surface area contributed by atoms with Gasteiger partial charge in [0, 0.05) is 0 Å². The molecule has 0 amide bonds. The molecule has 0 aliphatic rings. The lowest BCUT2D eigenvalue weighted by Crippen LogP contribution is -2.24. The van der Waals surface area contributed by atoms with Gasteiger partial charge in [0.1, 0.15) is 0 Å². The van der Waals surface area contributed by atoms with Crippen LogP contribution in [0.15, 0.2) is 16.8 Å². The van der Waals surface area contributed by atoms with Crippen molar-refractivity contribution in [1.82, 2.24) is 0 Å². The monoisotopic (exact) mass is 198 g/mol. The van der Waals surface area contributed by atoms with Crippen LogP contribution in [0.3, 0.4) is 0 Å². The zero-order valence-electron chi connectivity index (χ0n) is 8.53. The third-order valence-electron chi connectivity index (χ3n) is 2.68. The Morgan fingerprint density at radius 3 is 2.54 bits per heavy atom. The number of thiophene rings is 1. The van der Waals surface area contributed by atoms with E-state index < -0.39 is 0 Å². The highest BCUT2D eigenvalue weighted by Gasteiger charge is 2.17. The molecule has 0 saturated heterocycles. The van der Waals surface area contributed by atoms with Crippen molar-refractivity contribution in [3.05, 3.63) is 22.4 Å². The van der Waals surface area contributed by atoms with E-state index in [9.17, 15) is 5.11 Å². The van der Waals surface area contributed by atoms with Gasteiger partial charge in [-0.15, -0.1) is 0 Å². The van der Waals surface area contributed by atoms with Gasteiger partial charge >= 0.3 is 0 Å². The summed E-state index contributed by atoms with van der Waals surface area (Å²) in [7, 11) is 0. The van der Waals surface area contributed by atoms with Crippen LogP contribution in [0.4, 0.5) is 0 Å². The molecule has 1 aromatic rings. The van der Waals surface area contributed by atoms with Crippen LogP contribution in [-0.2, 0) is 6.42 Å². The van der Waals surface area contributed by atoms with Gasteiger partial charge in [-0.25, -0.2) is 0 Å². The van der Waals surface area contributed by atoms with Gasteiger partial charge in [-0.3, -0.25) is 0 Å². The lowest BCUT2D eigenvalue weighted by molar-refractivity contribution is 0.0922. The van der Waals surface area contributed by atoms with Gasteiger partial charge in [0.15, 0.2) is 0 Å². The standard InChI is InChI=1S/C11H18OS/c1-8(2)9(3)11(12)6-10-4-5-13-7-10/h4-5,7-9,11-12H,6H2,1-3H3. The molecule has 74 valence electrons.